The number of hydrogen-bond donors (Lipinski definition) is 0. The third kappa shape index (κ3) is 3.80. The second kappa shape index (κ2) is 7.92. The van der Waals surface area contributed by atoms with E-state index in [1.807, 2.05) is 0 Å². The van der Waals surface area contributed by atoms with Gasteiger partial charge in [-0.3, -0.25) is 0 Å². The molecule has 0 radical (unpaired) electrons. The van der Waals surface area contributed by atoms with Crippen molar-refractivity contribution in [1.29, 1.82) is 0 Å². The SMILES string of the molecule is CCCC[PH](CCCC)(c1ccccc1)N(C)C. The van der Waals surface area contributed by atoms with Crippen LogP contribution in [-0.2, 0) is 0 Å². The van der Waals surface area contributed by atoms with Gasteiger partial charge in [0.2, 0.25) is 0 Å². The number of nitrogens with zero attached hydrogens (tertiary/aromatic N) is 1. The predicted octanol–water partition coefficient (Wildman–Crippen LogP) is 4.14. The van der Waals surface area contributed by atoms with E-state index in [1.165, 1.54) is 38.0 Å². The van der Waals surface area contributed by atoms with Crippen LogP contribution in [0.4, 0.5) is 0 Å². The van der Waals surface area contributed by atoms with Gasteiger partial charge in [0.05, 0.1) is 0 Å². The molecule has 0 bridgehead atoms. The third-order valence-electron chi connectivity index (χ3n) is 4.06. The number of benzene rings is 1. The van der Waals surface area contributed by atoms with Gasteiger partial charge in [-0.25, -0.2) is 0 Å². The summed E-state index contributed by atoms with van der Waals surface area (Å²) in [5.41, 5.74) is 0. The molecule has 104 valence electrons. The van der Waals surface area contributed by atoms with Crippen molar-refractivity contribution in [3.8, 4) is 0 Å². The van der Waals surface area contributed by atoms with Gasteiger partial charge in [0.15, 0.2) is 0 Å². The Morgan fingerprint density at radius 1 is 0.889 bits per heavy atom. The zero-order chi connectivity index (χ0) is 13.4. The van der Waals surface area contributed by atoms with Gasteiger partial charge >= 0.3 is 114 Å². The van der Waals surface area contributed by atoms with Gasteiger partial charge in [0, 0.05) is 0 Å². The fourth-order valence-corrected chi connectivity index (χ4v) is 7.73. The van der Waals surface area contributed by atoms with E-state index in [9.17, 15) is 0 Å². The zero-order valence-electron chi connectivity index (χ0n) is 12.6. The molecule has 1 rings (SSSR count). The Balaban J connectivity index is 3.03. The third-order valence-corrected chi connectivity index (χ3v) is 9.54. The zero-order valence-corrected chi connectivity index (χ0v) is 13.6. The first-order valence-electron chi connectivity index (χ1n) is 7.40. The normalized spacial score (nSPS) is 12.9. The maximum atomic E-state index is 2.58. The predicted molar refractivity (Wildman–Crippen MR) is 87.6 cm³/mol. The van der Waals surface area contributed by atoms with Crippen molar-refractivity contribution in [2.45, 2.75) is 39.5 Å². The van der Waals surface area contributed by atoms with Crippen LogP contribution in [0.25, 0.3) is 0 Å². The summed E-state index contributed by atoms with van der Waals surface area (Å²) < 4.78 is 2.58. The van der Waals surface area contributed by atoms with Crippen LogP contribution in [0.3, 0.4) is 0 Å². The Labute approximate surface area is 114 Å². The molecular formula is C16H30NP. The van der Waals surface area contributed by atoms with E-state index in [-0.39, 0.29) is 0 Å². The second-order valence-corrected chi connectivity index (χ2v) is 10.0. The van der Waals surface area contributed by atoms with Gasteiger partial charge in [-0.15, -0.1) is 0 Å². The molecule has 0 fully saturated rings. The van der Waals surface area contributed by atoms with Crippen LogP contribution in [0.2, 0.25) is 0 Å². The van der Waals surface area contributed by atoms with Gasteiger partial charge in [-0.05, 0) is 0 Å². The van der Waals surface area contributed by atoms with E-state index >= 15 is 0 Å². The summed E-state index contributed by atoms with van der Waals surface area (Å²) in [6, 6.07) is 11.3. The van der Waals surface area contributed by atoms with Gasteiger partial charge in [-0.1, -0.05) is 0 Å². The summed E-state index contributed by atoms with van der Waals surface area (Å²) in [4.78, 5) is 0. The van der Waals surface area contributed by atoms with Crippen molar-refractivity contribution in [1.82, 2.24) is 4.67 Å². The summed E-state index contributed by atoms with van der Waals surface area (Å²) in [6.07, 6.45) is 8.15. The first-order chi connectivity index (χ1) is 8.67. The van der Waals surface area contributed by atoms with Crippen molar-refractivity contribution >= 4 is 12.7 Å². The fourth-order valence-electron chi connectivity index (χ4n) is 2.81. The molecule has 1 aromatic carbocycles. The van der Waals surface area contributed by atoms with E-state index in [0.29, 0.717) is 0 Å². The van der Waals surface area contributed by atoms with Crippen LogP contribution in [0.5, 0.6) is 0 Å². The molecule has 0 spiro atoms. The van der Waals surface area contributed by atoms with E-state index in [2.05, 4.69) is 62.9 Å². The molecule has 0 aliphatic heterocycles. The van der Waals surface area contributed by atoms with Crippen molar-refractivity contribution in [2.75, 3.05) is 26.4 Å². The van der Waals surface area contributed by atoms with Crippen molar-refractivity contribution in [3.05, 3.63) is 30.3 Å². The van der Waals surface area contributed by atoms with Crippen molar-refractivity contribution in [2.24, 2.45) is 0 Å². The molecule has 2 heteroatoms. The molecule has 0 heterocycles. The summed E-state index contributed by atoms with van der Waals surface area (Å²) >= 11 is 0. The van der Waals surface area contributed by atoms with E-state index in [4.69, 9.17) is 0 Å². The van der Waals surface area contributed by atoms with Crippen LogP contribution < -0.4 is 5.30 Å². The Morgan fingerprint density at radius 3 is 1.78 bits per heavy atom. The molecule has 0 aliphatic rings. The molecule has 0 atom stereocenters. The molecule has 0 N–H and O–H groups in total. The van der Waals surface area contributed by atoms with Crippen LogP contribution in [-0.4, -0.2) is 31.1 Å². The van der Waals surface area contributed by atoms with Crippen molar-refractivity contribution in [3.63, 3.8) is 0 Å². The Hall–Kier alpha value is -0.390. The van der Waals surface area contributed by atoms with Crippen LogP contribution >= 0.6 is 7.41 Å². The molecular weight excluding hydrogens is 237 g/mol. The van der Waals surface area contributed by atoms with E-state index in [0.717, 1.165) is 0 Å². The quantitative estimate of drug-likeness (QED) is 0.640. The Morgan fingerprint density at radius 2 is 1.39 bits per heavy atom. The van der Waals surface area contributed by atoms with Crippen LogP contribution in [0.15, 0.2) is 30.3 Å². The van der Waals surface area contributed by atoms with Crippen LogP contribution in [0.1, 0.15) is 39.5 Å². The number of hydrogen-bond acceptors (Lipinski definition) is 1. The van der Waals surface area contributed by atoms with Gasteiger partial charge in [-0.2, -0.15) is 0 Å². The fraction of sp³-hybridized carbons (Fsp3) is 0.625. The minimum absolute atomic E-state index is 1.31. The molecule has 0 unspecified atom stereocenters. The Kier molecular flexibility index (Phi) is 6.89. The standard InChI is InChI=1S/C16H30NP/c1-5-7-14-18(17(3)4,15-8-6-2)16-12-10-9-11-13-16/h9-13,18H,5-8,14-15H2,1-4H3. The average molecular weight is 267 g/mol. The first-order valence-corrected chi connectivity index (χ1v) is 9.76. The first kappa shape index (κ1) is 15.7. The number of rotatable bonds is 8. The van der Waals surface area contributed by atoms with Gasteiger partial charge in [0.1, 0.15) is 0 Å². The summed E-state index contributed by atoms with van der Waals surface area (Å²) in [5.74, 6) is 0. The molecule has 18 heavy (non-hydrogen) atoms. The average Bonchev–Trinajstić information content (AvgIpc) is 2.40. The topological polar surface area (TPSA) is 3.24 Å². The molecule has 0 saturated carbocycles. The minimum atomic E-state index is -1.46. The molecule has 0 amide bonds. The summed E-state index contributed by atoms with van der Waals surface area (Å²) in [6.45, 7) is 4.61. The molecule has 0 aliphatic carbocycles. The van der Waals surface area contributed by atoms with E-state index < -0.39 is 7.41 Å². The van der Waals surface area contributed by atoms with Crippen LogP contribution in [0, 0.1) is 0 Å². The van der Waals surface area contributed by atoms with Gasteiger partial charge < -0.3 is 0 Å². The second-order valence-electron chi connectivity index (χ2n) is 5.50. The summed E-state index contributed by atoms with van der Waals surface area (Å²) in [7, 11) is 3.13. The van der Waals surface area contributed by atoms with Gasteiger partial charge in [0.25, 0.3) is 0 Å². The Bertz CT molecular complexity index is 313. The molecule has 0 saturated heterocycles. The maximum absolute atomic E-state index is 2.58. The van der Waals surface area contributed by atoms with E-state index in [1.54, 1.807) is 5.30 Å². The monoisotopic (exact) mass is 267 g/mol. The van der Waals surface area contributed by atoms with Crippen molar-refractivity contribution < 1.29 is 0 Å². The molecule has 1 aromatic rings. The summed E-state index contributed by atoms with van der Waals surface area (Å²) in [5, 5.41) is 1.62. The molecule has 0 aromatic heterocycles. The molecule has 1 nitrogen and oxygen atoms in total. The number of unbranched alkanes of at least 4 members (excludes halogenated alkanes) is 2.